The number of hydrogen-bond acceptors (Lipinski definition) is 2. The van der Waals surface area contributed by atoms with Crippen LogP contribution in [0.4, 0.5) is 0 Å². The van der Waals surface area contributed by atoms with Gasteiger partial charge in [0.05, 0.1) is 0 Å². The van der Waals surface area contributed by atoms with Crippen LogP contribution in [-0.2, 0) is 13.1 Å². The largest absolute Gasteiger partial charge is 0.312 e. The first kappa shape index (κ1) is 42.1. The molecule has 6 aromatic rings. The van der Waals surface area contributed by atoms with Crippen molar-refractivity contribution in [3.63, 3.8) is 0 Å². The van der Waals surface area contributed by atoms with Gasteiger partial charge in [-0.15, -0.1) is 0 Å². The third kappa shape index (κ3) is 13.9. The Kier molecular flexibility index (Phi) is 19.8. The number of hydrogen-bond donors (Lipinski definition) is 2. The summed E-state index contributed by atoms with van der Waals surface area (Å²) in [5.41, 5.74) is 4.01. The Labute approximate surface area is 328 Å². The Hall–Kier alpha value is -4.68. The molecule has 0 saturated carbocycles. The van der Waals surface area contributed by atoms with E-state index in [1.54, 1.807) is 0 Å². The predicted molar refractivity (Wildman–Crippen MR) is 242 cm³/mol. The molecule has 6 aromatic carbocycles. The zero-order valence-corrected chi connectivity index (χ0v) is 33.8. The van der Waals surface area contributed by atoms with E-state index in [1.165, 1.54) is 37.9 Å². The van der Waals surface area contributed by atoms with Crippen LogP contribution in [0.1, 0.15) is 36.6 Å². The third-order valence-electron chi connectivity index (χ3n) is 8.73. The first-order chi connectivity index (χ1) is 26.8. The second-order valence-corrected chi connectivity index (χ2v) is 16.8. The fraction of sp³-hybridized carbons (Fsp3) is 0.160. The summed E-state index contributed by atoms with van der Waals surface area (Å²) < 4.78 is 0. The van der Waals surface area contributed by atoms with Crippen LogP contribution < -0.4 is 26.5 Å². The number of benzene rings is 6. The molecule has 2 atom stereocenters. The van der Waals surface area contributed by atoms with E-state index >= 15 is 0 Å². The molecule has 0 radical (unpaired) electrons. The molecule has 2 N–H and O–H groups in total. The van der Waals surface area contributed by atoms with Crippen molar-refractivity contribution in [1.29, 1.82) is 0 Å². The van der Waals surface area contributed by atoms with Crippen molar-refractivity contribution in [2.24, 2.45) is 0 Å². The standard InChI is InChI=1S/C42H44N2P2.C6H6.C2H6/c1-3-19-38(4-2)45(39-24-11-6-12-25-39)31-30-43-32-36-22-17-18-23-37(36)33-44-42(35-20-9-5-10-21-35)34-46(40-26-13-7-14-27-40)41-28-15-8-16-29-41;1-2-4-6-5-3-1;1-2/h3-29,42-44H,1-2,30-34H2;1-6H;1-2H3/b38-19+;;. The minimum Gasteiger partial charge on any atom is -0.312 e. The Morgan fingerprint density at radius 3 is 1.46 bits per heavy atom. The van der Waals surface area contributed by atoms with Gasteiger partial charge in [-0.1, -0.05) is 227 Å². The highest BCUT2D eigenvalue weighted by Crippen LogP contribution is 2.44. The molecule has 2 unspecified atom stereocenters. The van der Waals surface area contributed by atoms with Gasteiger partial charge in [-0.05, 0) is 72.6 Å². The van der Waals surface area contributed by atoms with Crippen LogP contribution in [0.5, 0.6) is 0 Å². The summed E-state index contributed by atoms with van der Waals surface area (Å²) in [5.74, 6) is 0. The van der Waals surface area contributed by atoms with Crippen molar-refractivity contribution in [2.75, 3.05) is 18.9 Å². The van der Waals surface area contributed by atoms with Gasteiger partial charge in [0, 0.05) is 19.1 Å². The smallest absolute Gasteiger partial charge is 0.0368 e. The van der Waals surface area contributed by atoms with Crippen molar-refractivity contribution in [1.82, 2.24) is 10.6 Å². The first-order valence-corrected chi connectivity index (χ1v) is 22.0. The molecule has 0 aliphatic rings. The predicted octanol–water partition coefficient (Wildman–Crippen LogP) is 11.5. The zero-order chi connectivity index (χ0) is 38.1. The van der Waals surface area contributed by atoms with E-state index in [0.29, 0.717) is 0 Å². The Balaban J connectivity index is 0.000000729. The lowest BCUT2D eigenvalue weighted by molar-refractivity contribution is 0.576. The van der Waals surface area contributed by atoms with Gasteiger partial charge in [0.15, 0.2) is 0 Å². The molecule has 0 amide bonds. The first-order valence-electron chi connectivity index (χ1n) is 19.0. The van der Waals surface area contributed by atoms with Gasteiger partial charge in [-0.3, -0.25) is 0 Å². The summed E-state index contributed by atoms with van der Waals surface area (Å²) in [6.07, 6.45) is 8.05. The molecule has 0 fully saturated rings. The van der Waals surface area contributed by atoms with E-state index in [9.17, 15) is 0 Å². The molecular formula is C50H56N2P2. The lowest BCUT2D eigenvalue weighted by Gasteiger charge is -2.27. The molecule has 0 aromatic heterocycles. The highest BCUT2D eigenvalue weighted by molar-refractivity contribution is 7.73. The lowest BCUT2D eigenvalue weighted by Crippen LogP contribution is -2.28. The molecule has 2 nitrogen and oxygen atoms in total. The topological polar surface area (TPSA) is 24.1 Å². The summed E-state index contributed by atoms with van der Waals surface area (Å²) in [6.45, 7) is 14.6. The molecule has 6 rings (SSSR count). The number of nitrogens with one attached hydrogen (secondary N) is 2. The minimum absolute atomic E-state index is 0.220. The maximum atomic E-state index is 4.10. The summed E-state index contributed by atoms with van der Waals surface area (Å²) in [6, 6.07) is 64.8. The Morgan fingerprint density at radius 2 is 0.981 bits per heavy atom. The average Bonchev–Trinajstić information content (AvgIpc) is 3.26. The van der Waals surface area contributed by atoms with Crippen LogP contribution in [0.15, 0.2) is 219 Å². The van der Waals surface area contributed by atoms with Crippen LogP contribution in [0, 0.1) is 0 Å². The molecule has 0 bridgehead atoms. The van der Waals surface area contributed by atoms with E-state index in [4.69, 9.17) is 0 Å². The maximum absolute atomic E-state index is 4.10. The molecule has 0 aliphatic carbocycles. The van der Waals surface area contributed by atoms with Crippen molar-refractivity contribution in [3.05, 3.63) is 235 Å². The van der Waals surface area contributed by atoms with Crippen molar-refractivity contribution >= 4 is 31.8 Å². The Bertz CT molecular complexity index is 1830. The summed E-state index contributed by atoms with van der Waals surface area (Å²) in [7, 11) is -1.04. The molecular weight excluding hydrogens is 691 g/mol. The van der Waals surface area contributed by atoms with Crippen LogP contribution in [0.2, 0.25) is 0 Å². The van der Waals surface area contributed by atoms with Crippen LogP contribution in [-0.4, -0.2) is 18.9 Å². The third-order valence-corrected chi connectivity index (χ3v) is 13.9. The monoisotopic (exact) mass is 746 g/mol. The molecule has 54 heavy (non-hydrogen) atoms. The highest BCUT2D eigenvalue weighted by Gasteiger charge is 2.21. The van der Waals surface area contributed by atoms with Gasteiger partial charge >= 0.3 is 0 Å². The van der Waals surface area contributed by atoms with Gasteiger partial charge in [-0.25, -0.2) is 0 Å². The second kappa shape index (κ2) is 25.4. The van der Waals surface area contributed by atoms with Crippen LogP contribution in [0.3, 0.4) is 0 Å². The lowest BCUT2D eigenvalue weighted by atomic mass is 10.1. The highest BCUT2D eigenvalue weighted by atomic mass is 31.1. The molecule has 0 spiro atoms. The molecule has 4 heteroatoms. The normalized spacial score (nSPS) is 11.9. The number of allylic oxidation sites excluding steroid dienone is 4. The zero-order valence-electron chi connectivity index (χ0n) is 32.0. The van der Waals surface area contributed by atoms with Crippen molar-refractivity contribution in [2.45, 2.75) is 33.0 Å². The van der Waals surface area contributed by atoms with Crippen LogP contribution in [0.25, 0.3) is 0 Å². The van der Waals surface area contributed by atoms with E-state index in [1.807, 2.05) is 62.4 Å². The fourth-order valence-electron chi connectivity index (χ4n) is 6.07. The quantitative estimate of drug-likeness (QED) is 0.0552. The van der Waals surface area contributed by atoms with E-state index in [0.717, 1.165) is 32.0 Å². The maximum Gasteiger partial charge on any atom is 0.0368 e. The van der Waals surface area contributed by atoms with E-state index < -0.39 is 15.8 Å². The number of rotatable bonds is 17. The SMILES string of the molecule is C=C/C=C(\C=C)P(CCNCc1ccccc1CNC(CP(c1ccccc1)c1ccccc1)c1ccccc1)c1ccccc1.CC.c1ccccc1. The molecule has 0 saturated heterocycles. The summed E-state index contributed by atoms with van der Waals surface area (Å²) in [4.78, 5) is 0. The van der Waals surface area contributed by atoms with Gasteiger partial charge in [0.2, 0.25) is 0 Å². The van der Waals surface area contributed by atoms with E-state index in [-0.39, 0.29) is 6.04 Å². The van der Waals surface area contributed by atoms with Gasteiger partial charge in [0.1, 0.15) is 0 Å². The fourth-order valence-corrected chi connectivity index (χ4v) is 10.8. The molecule has 0 heterocycles. The second-order valence-electron chi connectivity index (χ2n) is 12.2. The minimum atomic E-state index is -0.540. The summed E-state index contributed by atoms with van der Waals surface area (Å²) >= 11 is 0. The van der Waals surface area contributed by atoms with Gasteiger partial charge in [0.25, 0.3) is 0 Å². The van der Waals surface area contributed by atoms with Gasteiger partial charge < -0.3 is 10.6 Å². The van der Waals surface area contributed by atoms with Crippen LogP contribution >= 0.6 is 15.8 Å². The van der Waals surface area contributed by atoms with Gasteiger partial charge in [-0.2, -0.15) is 0 Å². The average molecular weight is 747 g/mol. The Morgan fingerprint density at radius 1 is 0.556 bits per heavy atom. The van der Waals surface area contributed by atoms with Crippen molar-refractivity contribution < 1.29 is 0 Å². The van der Waals surface area contributed by atoms with E-state index in [2.05, 4.69) is 175 Å². The molecule has 276 valence electrons. The van der Waals surface area contributed by atoms with Crippen molar-refractivity contribution in [3.8, 4) is 0 Å². The summed E-state index contributed by atoms with van der Waals surface area (Å²) in [5, 5.41) is 13.2. The molecule has 0 aliphatic heterocycles.